The summed E-state index contributed by atoms with van der Waals surface area (Å²) in [6.07, 6.45) is 1.33. The maximum atomic E-state index is 12.2. The summed E-state index contributed by atoms with van der Waals surface area (Å²) in [7, 11) is 3.89. The highest BCUT2D eigenvalue weighted by Crippen LogP contribution is 2.13. The second-order valence-corrected chi connectivity index (χ2v) is 5.22. The van der Waals surface area contributed by atoms with Gasteiger partial charge in [0.1, 0.15) is 0 Å². The van der Waals surface area contributed by atoms with Crippen molar-refractivity contribution in [2.75, 3.05) is 19.0 Å². The van der Waals surface area contributed by atoms with E-state index in [4.69, 9.17) is 18.0 Å². The second-order valence-electron chi connectivity index (χ2n) is 4.69. The van der Waals surface area contributed by atoms with Gasteiger partial charge in [0, 0.05) is 37.8 Å². The quantitative estimate of drug-likeness (QED) is 0.781. The predicted octanol–water partition coefficient (Wildman–Crippen LogP) is 1.94. The molecule has 0 heterocycles. The van der Waals surface area contributed by atoms with Crippen LogP contribution in [0.4, 0.5) is 5.69 Å². The molecule has 0 fully saturated rings. The summed E-state index contributed by atoms with van der Waals surface area (Å²) in [4.78, 5) is 14.5. The van der Waals surface area contributed by atoms with Crippen LogP contribution in [-0.2, 0) is 0 Å². The molecule has 0 saturated heterocycles. The van der Waals surface area contributed by atoms with Gasteiger partial charge < -0.3 is 16.0 Å². The standard InChI is InChI=1S/C14H21N3OS/c1-4-11(9-13(15)19)16-14(18)10-6-5-7-12(8-10)17(2)3/h5-8,11H,4,9H2,1-3H3,(H2,15,19)(H,16,18). The molecule has 1 aromatic rings. The van der Waals surface area contributed by atoms with Crippen molar-refractivity contribution >= 4 is 28.8 Å². The van der Waals surface area contributed by atoms with Crippen molar-refractivity contribution < 1.29 is 4.79 Å². The molecule has 0 aliphatic rings. The lowest BCUT2D eigenvalue weighted by Crippen LogP contribution is -2.37. The fraction of sp³-hybridized carbons (Fsp3) is 0.429. The number of nitrogens with one attached hydrogen (secondary N) is 1. The maximum absolute atomic E-state index is 12.2. The number of nitrogens with two attached hydrogens (primary N) is 1. The van der Waals surface area contributed by atoms with Gasteiger partial charge in [0.05, 0.1) is 4.99 Å². The summed E-state index contributed by atoms with van der Waals surface area (Å²) in [6, 6.07) is 7.49. The zero-order chi connectivity index (χ0) is 14.4. The molecule has 0 bridgehead atoms. The van der Waals surface area contributed by atoms with Gasteiger partial charge in [-0.2, -0.15) is 0 Å². The molecule has 0 aliphatic heterocycles. The summed E-state index contributed by atoms with van der Waals surface area (Å²) < 4.78 is 0. The monoisotopic (exact) mass is 279 g/mol. The van der Waals surface area contributed by atoms with Crippen LogP contribution in [0.2, 0.25) is 0 Å². The van der Waals surface area contributed by atoms with Gasteiger partial charge in [0.25, 0.3) is 5.91 Å². The van der Waals surface area contributed by atoms with E-state index in [0.29, 0.717) is 17.0 Å². The highest BCUT2D eigenvalue weighted by Gasteiger charge is 2.13. The average molecular weight is 279 g/mol. The smallest absolute Gasteiger partial charge is 0.251 e. The molecule has 104 valence electrons. The minimum Gasteiger partial charge on any atom is -0.393 e. The fourth-order valence-electron chi connectivity index (χ4n) is 1.73. The number of thiocarbonyl (C=S) groups is 1. The van der Waals surface area contributed by atoms with Crippen LogP contribution in [0.5, 0.6) is 0 Å². The number of nitrogens with zero attached hydrogens (tertiary/aromatic N) is 1. The van der Waals surface area contributed by atoms with E-state index in [1.807, 2.05) is 44.1 Å². The average Bonchev–Trinajstić information content (AvgIpc) is 2.37. The number of rotatable bonds is 6. The number of carbonyl (C=O) groups is 1. The van der Waals surface area contributed by atoms with Crippen LogP contribution in [0.3, 0.4) is 0 Å². The zero-order valence-corrected chi connectivity index (χ0v) is 12.5. The van der Waals surface area contributed by atoms with Gasteiger partial charge >= 0.3 is 0 Å². The van der Waals surface area contributed by atoms with Crippen LogP contribution in [0.25, 0.3) is 0 Å². The number of hydrogen-bond acceptors (Lipinski definition) is 3. The van der Waals surface area contributed by atoms with Crippen molar-refractivity contribution in [1.82, 2.24) is 5.32 Å². The number of benzene rings is 1. The van der Waals surface area contributed by atoms with Crippen LogP contribution >= 0.6 is 12.2 Å². The summed E-state index contributed by atoms with van der Waals surface area (Å²) in [5, 5.41) is 2.96. The lowest BCUT2D eigenvalue weighted by atomic mass is 10.1. The van der Waals surface area contributed by atoms with Crippen molar-refractivity contribution in [3.05, 3.63) is 29.8 Å². The Bertz CT molecular complexity index is 460. The molecule has 1 amide bonds. The second kappa shape index (κ2) is 7.09. The van der Waals surface area contributed by atoms with Crippen molar-refractivity contribution in [3.8, 4) is 0 Å². The van der Waals surface area contributed by atoms with Gasteiger partial charge in [-0.3, -0.25) is 4.79 Å². The Balaban J connectivity index is 2.76. The maximum Gasteiger partial charge on any atom is 0.251 e. The van der Waals surface area contributed by atoms with Gasteiger partial charge in [-0.1, -0.05) is 25.2 Å². The molecule has 1 unspecified atom stereocenters. The molecular formula is C14H21N3OS. The first-order valence-electron chi connectivity index (χ1n) is 6.30. The molecule has 3 N–H and O–H groups in total. The van der Waals surface area contributed by atoms with E-state index in [9.17, 15) is 4.79 Å². The lowest BCUT2D eigenvalue weighted by Gasteiger charge is -2.17. The number of hydrogen-bond donors (Lipinski definition) is 2. The summed E-state index contributed by atoms with van der Waals surface area (Å²) in [6.45, 7) is 2.00. The first-order chi connectivity index (χ1) is 8.93. The SMILES string of the molecule is CCC(CC(N)=S)NC(=O)c1cccc(N(C)C)c1. The molecule has 0 spiro atoms. The fourth-order valence-corrected chi connectivity index (χ4v) is 1.94. The molecule has 19 heavy (non-hydrogen) atoms. The minimum atomic E-state index is -0.0909. The molecule has 1 rings (SSSR count). The molecule has 4 nitrogen and oxygen atoms in total. The van der Waals surface area contributed by atoms with Gasteiger partial charge in [-0.05, 0) is 24.6 Å². The molecule has 5 heteroatoms. The van der Waals surface area contributed by atoms with Gasteiger partial charge in [0.2, 0.25) is 0 Å². The third-order valence-corrected chi connectivity index (χ3v) is 3.07. The zero-order valence-electron chi connectivity index (χ0n) is 11.6. The molecule has 0 radical (unpaired) electrons. The molecule has 0 aliphatic carbocycles. The van der Waals surface area contributed by atoms with Crippen LogP contribution in [0.1, 0.15) is 30.1 Å². The van der Waals surface area contributed by atoms with Crippen molar-refractivity contribution in [2.45, 2.75) is 25.8 Å². The van der Waals surface area contributed by atoms with Crippen LogP contribution in [-0.4, -0.2) is 31.0 Å². The molecule has 1 atom stereocenters. The third kappa shape index (κ3) is 4.87. The first kappa shape index (κ1) is 15.4. The van der Waals surface area contributed by atoms with E-state index >= 15 is 0 Å². The van der Waals surface area contributed by atoms with Crippen LogP contribution in [0.15, 0.2) is 24.3 Å². The molecular weight excluding hydrogens is 258 g/mol. The van der Waals surface area contributed by atoms with Gasteiger partial charge in [-0.25, -0.2) is 0 Å². The van der Waals surface area contributed by atoms with E-state index in [-0.39, 0.29) is 11.9 Å². The number of anilines is 1. The normalized spacial score (nSPS) is 11.7. The minimum absolute atomic E-state index is 0.00647. The van der Waals surface area contributed by atoms with Gasteiger partial charge in [-0.15, -0.1) is 0 Å². The Morgan fingerprint density at radius 2 is 2.16 bits per heavy atom. The van der Waals surface area contributed by atoms with Gasteiger partial charge in [0.15, 0.2) is 0 Å². The van der Waals surface area contributed by atoms with E-state index in [0.717, 1.165) is 12.1 Å². The summed E-state index contributed by atoms with van der Waals surface area (Å²) in [5.41, 5.74) is 7.16. The summed E-state index contributed by atoms with van der Waals surface area (Å²) >= 11 is 4.88. The highest BCUT2D eigenvalue weighted by molar-refractivity contribution is 7.80. The van der Waals surface area contributed by atoms with Crippen LogP contribution < -0.4 is 16.0 Å². The van der Waals surface area contributed by atoms with E-state index in [2.05, 4.69) is 5.32 Å². The molecule has 0 saturated carbocycles. The van der Waals surface area contributed by atoms with Crippen LogP contribution in [0, 0.1) is 0 Å². The van der Waals surface area contributed by atoms with E-state index in [1.165, 1.54) is 0 Å². The van der Waals surface area contributed by atoms with Crippen molar-refractivity contribution in [2.24, 2.45) is 5.73 Å². The first-order valence-corrected chi connectivity index (χ1v) is 6.71. The topological polar surface area (TPSA) is 58.4 Å². The number of carbonyl (C=O) groups excluding carboxylic acids is 1. The third-order valence-electron chi connectivity index (χ3n) is 2.90. The lowest BCUT2D eigenvalue weighted by molar-refractivity contribution is 0.0937. The van der Waals surface area contributed by atoms with Crippen molar-refractivity contribution in [3.63, 3.8) is 0 Å². The van der Waals surface area contributed by atoms with E-state index in [1.54, 1.807) is 6.07 Å². The predicted molar refractivity (Wildman–Crippen MR) is 83.7 cm³/mol. The Labute approximate surface area is 120 Å². The Hall–Kier alpha value is -1.62. The Morgan fingerprint density at radius 1 is 1.47 bits per heavy atom. The van der Waals surface area contributed by atoms with E-state index < -0.39 is 0 Å². The largest absolute Gasteiger partial charge is 0.393 e. The Morgan fingerprint density at radius 3 is 2.68 bits per heavy atom. The number of amides is 1. The summed E-state index contributed by atoms with van der Waals surface area (Å²) in [5.74, 6) is -0.0909. The molecule has 1 aromatic carbocycles. The molecule has 0 aromatic heterocycles. The highest BCUT2D eigenvalue weighted by atomic mass is 32.1. The Kier molecular flexibility index (Phi) is 5.76. The van der Waals surface area contributed by atoms with Crippen molar-refractivity contribution in [1.29, 1.82) is 0 Å².